The maximum absolute atomic E-state index is 12.7. The lowest BCUT2D eigenvalue weighted by Gasteiger charge is -2.32. The molecule has 1 unspecified atom stereocenters. The zero-order valence-electron chi connectivity index (χ0n) is 11.2. The zero-order chi connectivity index (χ0) is 15.7. The molecule has 1 atom stereocenters. The molecule has 0 N–H and O–H groups in total. The maximum atomic E-state index is 12.7. The molecule has 0 radical (unpaired) electrons. The molecule has 0 aliphatic carbocycles. The lowest BCUT2D eigenvalue weighted by molar-refractivity contribution is 0.466. The van der Waals surface area contributed by atoms with Crippen molar-refractivity contribution in [1.29, 1.82) is 0 Å². The first-order valence-corrected chi connectivity index (χ1v) is 9.70. The van der Waals surface area contributed by atoms with Crippen molar-refractivity contribution in [2.24, 2.45) is 0 Å². The fourth-order valence-electron chi connectivity index (χ4n) is 2.17. The van der Waals surface area contributed by atoms with Crippen LogP contribution in [0.4, 0.5) is 5.69 Å². The van der Waals surface area contributed by atoms with Crippen molar-refractivity contribution in [1.82, 2.24) is 0 Å². The average Bonchev–Trinajstić information content (AvgIpc) is 2.50. The standard InChI is InChI=1S/C15H11Cl3NO2P/c16-12-7-4-8-13(15(12)17)19-10-9-14(21-22(19,18)20)11-5-2-1-3-6-11/h1-9H,10H2. The summed E-state index contributed by atoms with van der Waals surface area (Å²) in [6.45, 7) is -3.28. The van der Waals surface area contributed by atoms with Gasteiger partial charge in [0.05, 0.1) is 22.3 Å². The van der Waals surface area contributed by atoms with E-state index in [9.17, 15) is 4.57 Å². The highest BCUT2D eigenvalue weighted by atomic mass is 35.7. The van der Waals surface area contributed by atoms with Crippen LogP contribution in [0, 0.1) is 0 Å². The topological polar surface area (TPSA) is 29.5 Å². The van der Waals surface area contributed by atoms with Crippen LogP contribution in [0.2, 0.25) is 10.0 Å². The molecule has 3 rings (SSSR count). The van der Waals surface area contributed by atoms with Gasteiger partial charge in [0.2, 0.25) is 0 Å². The Labute approximate surface area is 143 Å². The van der Waals surface area contributed by atoms with Crippen molar-refractivity contribution in [3.05, 3.63) is 70.2 Å². The predicted molar refractivity (Wildman–Crippen MR) is 92.8 cm³/mol. The second-order valence-corrected chi connectivity index (χ2v) is 8.27. The van der Waals surface area contributed by atoms with E-state index in [1.165, 1.54) is 4.67 Å². The molecule has 1 aliphatic rings. The number of hydrogen-bond donors (Lipinski definition) is 0. The van der Waals surface area contributed by atoms with Gasteiger partial charge in [0, 0.05) is 16.8 Å². The van der Waals surface area contributed by atoms with Gasteiger partial charge in [-0.15, -0.1) is 0 Å². The van der Waals surface area contributed by atoms with E-state index in [-0.39, 0.29) is 0 Å². The summed E-state index contributed by atoms with van der Waals surface area (Å²) in [6.07, 6.45) is 1.81. The molecular weight excluding hydrogens is 364 g/mol. The van der Waals surface area contributed by atoms with Crippen molar-refractivity contribution in [3.8, 4) is 0 Å². The summed E-state index contributed by atoms with van der Waals surface area (Å²) in [5.41, 5.74) is 1.30. The Balaban J connectivity index is 1.98. The van der Waals surface area contributed by atoms with Crippen molar-refractivity contribution in [2.75, 3.05) is 11.2 Å². The summed E-state index contributed by atoms with van der Waals surface area (Å²) in [7, 11) is 0. The van der Waals surface area contributed by atoms with Gasteiger partial charge in [-0.2, -0.15) is 0 Å². The summed E-state index contributed by atoms with van der Waals surface area (Å²) in [6, 6.07) is 14.5. The largest absolute Gasteiger partial charge is 0.438 e. The van der Waals surface area contributed by atoms with E-state index in [1.54, 1.807) is 18.2 Å². The van der Waals surface area contributed by atoms with E-state index >= 15 is 0 Å². The summed E-state index contributed by atoms with van der Waals surface area (Å²) in [4.78, 5) is 0. The Morgan fingerprint density at radius 2 is 1.77 bits per heavy atom. The first-order chi connectivity index (χ1) is 10.5. The molecule has 0 fully saturated rings. The van der Waals surface area contributed by atoms with Crippen LogP contribution in [0.1, 0.15) is 5.56 Å². The van der Waals surface area contributed by atoms with Gasteiger partial charge in [-0.3, -0.25) is 4.67 Å². The number of rotatable bonds is 2. The first-order valence-electron chi connectivity index (χ1n) is 6.46. The van der Waals surface area contributed by atoms with Crippen LogP contribution in [0.5, 0.6) is 0 Å². The monoisotopic (exact) mass is 373 g/mol. The summed E-state index contributed by atoms with van der Waals surface area (Å²) >= 11 is 18.3. The SMILES string of the molecule is O=P1(Cl)OC(c2ccccc2)=CCN1c1cccc(Cl)c1Cl. The highest BCUT2D eigenvalue weighted by molar-refractivity contribution is 7.86. The van der Waals surface area contributed by atoms with Gasteiger partial charge in [-0.1, -0.05) is 59.6 Å². The van der Waals surface area contributed by atoms with Crippen molar-refractivity contribution >= 4 is 52.8 Å². The van der Waals surface area contributed by atoms with Gasteiger partial charge >= 0.3 is 6.87 Å². The highest BCUT2D eigenvalue weighted by Crippen LogP contribution is 2.63. The molecule has 1 aliphatic heterocycles. The third kappa shape index (κ3) is 3.00. The number of hydrogen-bond acceptors (Lipinski definition) is 2. The van der Waals surface area contributed by atoms with E-state index in [0.29, 0.717) is 28.0 Å². The number of halogens is 3. The zero-order valence-corrected chi connectivity index (χ0v) is 14.4. The van der Waals surface area contributed by atoms with Crippen molar-refractivity contribution < 1.29 is 9.09 Å². The molecule has 0 aromatic heterocycles. The molecule has 0 amide bonds. The summed E-state index contributed by atoms with van der Waals surface area (Å²) in [5, 5.41) is 0.666. The minimum Gasteiger partial charge on any atom is -0.418 e. The van der Waals surface area contributed by atoms with Crippen LogP contribution in [-0.2, 0) is 9.09 Å². The summed E-state index contributed by atoms with van der Waals surface area (Å²) < 4.78 is 19.7. The van der Waals surface area contributed by atoms with E-state index in [1.807, 2.05) is 36.4 Å². The number of nitrogens with zero attached hydrogens (tertiary/aromatic N) is 1. The molecule has 114 valence electrons. The fraction of sp³-hybridized carbons (Fsp3) is 0.0667. The fourth-order valence-corrected chi connectivity index (χ4v) is 4.50. The molecule has 2 aromatic rings. The lowest BCUT2D eigenvalue weighted by atomic mass is 10.2. The minimum atomic E-state index is -3.59. The van der Waals surface area contributed by atoms with Crippen LogP contribution in [-0.4, -0.2) is 6.54 Å². The lowest BCUT2D eigenvalue weighted by Crippen LogP contribution is -2.22. The Morgan fingerprint density at radius 1 is 1.05 bits per heavy atom. The van der Waals surface area contributed by atoms with Gasteiger partial charge in [0.25, 0.3) is 0 Å². The summed E-state index contributed by atoms with van der Waals surface area (Å²) in [5.74, 6) is 0.494. The molecule has 0 saturated carbocycles. The number of benzene rings is 2. The molecular formula is C15H11Cl3NO2P. The third-order valence-electron chi connectivity index (χ3n) is 3.22. The normalized spacial score (nSPS) is 21.2. The molecule has 7 heteroatoms. The second kappa shape index (κ2) is 6.17. The van der Waals surface area contributed by atoms with Crippen LogP contribution < -0.4 is 4.67 Å². The molecule has 3 nitrogen and oxygen atoms in total. The molecule has 0 spiro atoms. The maximum Gasteiger partial charge on any atom is 0.438 e. The molecule has 0 saturated heterocycles. The van der Waals surface area contributed by atoms with Gasteiger partial charge < -0.3 is 4.52 Å². The van der Waals surface area contributed by atoms with Gasteiger partial charge in [-0.05, 0) is 18.2 Å². The Morgan fingerprint density at radius 3 is 2.45 bits per heavy atom. The predicted octanol–water partition coefficient (Wildman–Crippen LogP) is 6.22. The van der Waals surface area contributed by atoms with Gasteiger partial charge in [0.1, 0.15) is 5.76 Å². The molecule has 1 heterocycles. The van der Waals surface area contributed by atoms with Crippen LogP contribution in [0.15, 0.2) is 54.6 Å². The first kappa shape index (κ1) is 15.8. The van der Waals surface area contributed by atoms with Crippen LogP contribution in [0.3, 0.4) is 0 Å². The van der Waals surface area contributed by atoms with Gasteiger partial charge in [-0.25, -0.2) is 4.57 Å². The van der Waals surface area contributed by atoms with E-state index in [2.05, 4.69) is 0 Å². The Bertz CT molecular complexity index is 780. The average molecular weight is 375 g/mol. The van der Waals surface area contributed by atoms with E-state index in [4.69, 9.17) is 39.0 Å². The highest BCUT2D eigenvalue weighted by Gasteiger charge is 2.36. The third-order valence-corrected chi connectivity index (χ3v) is 6.16. The smallest absolute Gasteiger partial charge is 0.418 e. The molecule has 0 bridgehead atoms. The van der Waals surface area contributed by atoms with Gasteiger partial charge in [0.15, 0.2) is 0 Å². The van der Waals surface area contributed by atoms with Crippen molar-refractivity contribution in [2.45, 2.75) is 0 Å². The molecule has 2 aromatic carbocycles. The van der Waals surface area contributed by atoms with Crippen molar-refractivity contribution in [3.63, 3.8) is 0 Å². The Hall–Kier alpha value is -1.12. The van der Waals surface area contributed by atoms with Crippen LogP contribution in [0.25, 0.3) is 5.76 Å². The van der Waals surface area contributed by atoms with E-state index in [0.717, 1.165) is 5.56 Å². The quantitative estimate of drug-likeness (QED) is 0.585. The second-order valence-electron chi connectivity index (χ2n) is 4.63. The van der Waals surface area contributed by atoms with Crippen LogP contribution >= 0.6 is 41.3 Å². The minimum absolute atomic E-state index is 0.296. The number of anilines is 1. The van der Waals surface area contributed by atoms with E-state index < -0.39 is 6.87 Å². The molecule has 22 heavy (non-hydrogen) atoms. The Kier molecular flexibility index (Phi) is 4.42.